The lowest BCUT2D eigenvalue weighted by Crippen LogP contribution is -2.51. The maximum absolute atomic E-state index is 11.7. The van der Waals surface area contributed by atoms with Gasteiger partial charge >= 0.3 is 0 Å². The average Bonchev–Trinajstić information content (AvgIpc) is 2.94. The molecule has 1 amide bonds. The number of amides is 1. The van der Waals surface area contributed by atoms with Crippen molar-refractivity contribution in [2.75, 3.05) is 0 Å². The van der Waals surface area contributed by atoms with E-state index in [1.54, 1.807) is 6.20 Å². The molecule has 3 heterocycles. The number of fused-ring (bicyclic) bond motifs is 1. The van der Waals surface area contributed by atoms with Crippen LogP contribution in [0.2, 0.25) is 0 Å². The summed E-state index contributed by atoms with van der Waals surface area (Å²) in [5.41, 5.74) is 0.818. The minimum absolute atomic E-state index is 0.133. The topological polar surface area (TPSA) is 106 Å². The average molecular weight is 266 g/mol. The van der Waals surface area contributed by atoms with Gasteiger partial charge in [0.15, 0.2) is 0 Å². The third kappa shape index (κ3) is 1.85. The van der Waals surface area contributed by atoms with E-state index in [9.17, 15) is 15.0 Å². The monoisotopic (exact) mass is 266 g/mol. The molecule has 3 aliphatic rings. The third-order valence-electron chi connectivity index (χ3n) is 4.11. The second kappa shape index (κ2) is 4.59. The Balaban J connectivity index is 1.82. The second-order valence-electron chi connectivity index (χ2n) is 5.16. The smallest absolute Gasteiger partial charge is 0.250 e. The van der Waals surface area contributed by atoms with Crippen LogP contribution in [-0.2, 0) is 4.79 Å². The first-order valence-corrected chi connectivity index (χ1v) is 6.53. The van der Waals surface area contributed by atoms with Crippen molar-refractivity contribution >= 4 is 12.2 Å². The number of aliphatic hydroxyl groups is 2. The molecular formula is C12H18N4O3. The molecule has 0 spiro atoms. The van der Waals surface area contributed by atoms with Gasteiger partial charge in [-0.2, -0.15) is 0 Å². The van der Waals surface area contributed by atoms with Crippen LogP contribution in [0, 0.1) is 0 Å². The van der Waals surface area contributed by atoms with Gasteiger partial charge in [0.1, 0.15) is 18.2 Å². The number of aliphatic hydroxyl groups excluding tert-OH is 2. The molecule has 7 nitrogen and oxygen atoms in total. The molecule has 0 aromatic rings. The minimum Gasteiger partial charge on any atom is -0.389 e. The van der Waals surface area contributed by atoms with Gasteiger partial charge in [0, 0.05) is 12.2 Å². The number of hydrogen-bond acceptors (Lipinski definition) is 6. The number of hydrogen-bond donors (Lipinski definition) is 5. The van der Waals surface area contributed by atoms with Gasteiger partial charge in [-0.15, -0.1) is 0 Å². The zero-order chi connectivity index (χ0) is 13.6. The summed E-state index contributed by atoms with van der Waals surface area (Å²) >= 11 is 0. The molecule has 0 aliphatic carbocycles. The highest BCUT2D eigenvalue weighted by atomic mass is 16.3. The fourth-order valence-electron chi connectivity index (χ4n) is 3.01. The SMILES string of the molecule is CC[C@H]1N[C@@H](C2=CNC3C(=O)NC=NC23)[C@H](O)[C@@H]1O. The number of aliphatic imine (C=N–C) groups is 1. The predicted molar refractivity (Wildman–Crippen MR) is 68.4 cm³/mol. The Kier molecular flexibility index (Phi) is 3.04. The zero-order valence-electron chi connectivity index (χ0n) is 10.6. The molecule has 5 N–H and O–H groups in total. The van der Waals surface area contributed by atoms with Crippen molar-refractivity contribution in [3.63, 3.8) is 0 Å². The molecule has 0 aromatic heterocycles. The quantitative estimate of drug-likeness (QED) is 0.391. The van der Waals surface area contributed by atoms with Crippen molar-refractivity contribution < 1.29 is 15.0 Å². The van der Waals surface area contributed by atoms with Crippen molar-refractivity contribution in [2.45, 2.75) is 49.7 Å². The van der Waals surface area contributed by atoms with Crippen LogP contribution in [0.5, 0.6) is 0 Å². The molecule has 3 rings (SSSR count). The van der Waals surface area contributed by atoms with Crippen molar-refractivity contribution in [3.8, 4) is 0 Å². The maximum atomic E-state index is 11.7. The second-order valence-corrected chi connectivity index (χ2v) is 5.16. The number of rotatable bonds is 2. The lowest BCUT2D eigenvalue weighted by atomic mass is 9.93. The molecule has 7 heteroatoms. The molecule has 0 saturated carbocycles. The summed E-state index contributed by atoms with van der Waals surface area (Å²) in [6.07, 6.45) is 2.17. The fraction of sp³-hybridized carbons (Fsp3) is 0.667. The molecule has 6 atom stereocenters. The van der Waals surface area contributed by atoms with E-state index in [0.717, 1.165) is 12.0 Å². The van der Waals surface area contributed by atoms with Crippen molar-refractivity contribution in [1.82, 2.24) is 16.0 Å². The van der Waals surface area contributed by atoms with Crippen LogP contribution < -0.4 is 16.0 Å². The predicted octanol–water partition coefficient (Wildman–Crippen LogP) is -2.16. The van der Waals surface area contributed by atoms with Crippen LogP contribution in [0.4, 0.5) is 0 Å². The highest BCUT2D eigenvalue weighted by molar-refractivity contribution is 5.95. The summed E-state index contributed by atoms with van der Waals surface area (Å²) in [5, 5.41) is 28.8. The molecular weight excluding hydrogens is 248 g/mol. The Morgan fingerprint density at radius 3 is 2.79 bits per heavy atom. The van der Waals surface area contributed by atoms with Crippen LogP contribution in [0.25, 0.3) is 0 Å². The number of nitrogens with one attached hydrogen (secondary N) is 3. The Bertz CT molecular complexity index is 450. The van der Waals surface area contributed by atoms with Gasteiger partial charge in [0.05, 0.1) is 18.5 Å². The number of carbonyl (C=O) groups excluding carboxylic acids is 1. The Morgan fingerprint density at radius 1 is 1.32 bits per heavy atom. The van der Waals surface area contributed by atoms with Crippen molar-refractivity contribution in [2.24, 2.45) is 4.99 Å². The van der Waals surface area contributed by atoms with Crippen LogP contribution in [0.1, 0.15) is 13.3 Å². The van der Waals surface area contributed by atoms with E-state index in [2.05, 4.69) is 20.9 Å². The molecule has 19 heavy (non-hydrogen) atoms. The first kappa shape index (κ1) is 12.6. The van der Waals surface area contributed by atoms with Crippen LogP contribution in [0.15, 0.2) is 16.8 Å². The standard InChI is InChI=1S/C12H18N4O3/c1-2-6-10(17)11(18)8(16-6)5-3-13-9-7(5)14-4-15-12(9)19/h3-4,6-11,13,16-18H,2H2,1H3,(H,14,15,19)/t6-,7?,8+,9?,10-,11+/m1/s1. The van der Waals surface area contributed by atoms with Gasteiger partial charge in [-0.25, -0.2) is 0 Å². The normalized spacial score (nSPS) is 44.6. The van der Waals surface area contributed by atoms with E-state index in [0.29, 0.717) is 0 Å². The van der Waals surface area contributed by atoms with Gasteiger partial charge in [0.25, 0.3) is 0 Å². The first-order chi connectivity index (χ1) is 9.13. The van der Waals surface area contributed by atoms with E-state index in [1.807, 2.05) is 6.92 Å². The summed E-state index contributed by atoms with van der Waals surface area (Å²) in [5.74, 6) is -0.133. The third-order valence-corrected chi connectivity index (χ3v) is 4.11. The van der Waals surface area contributed by atoms with Gasteiger partial charge in [-0.05, 0) is 12.0 Å². The summed E-state index contributed by atoms with van der Waals surface area (Å²) in [7, 11) is 0. The minimum atomic E-state index is -0.878. The molecule has 104 valence electrons. The largest absolute Gasteiger partial charge is 0.389 e. The summed E-state index contributed by atoms with van der Waals surface area (Å²) < 4.78 is 0. The van der Waals surface area contributed by atoms with Gasteiger partial charge < -0.3 is 26.2 Å². The molecule has 2 unspecified atom stereocenters. The van der Waals surface area contributed by atoms with Crippen LogP contribution in [-0.4, -0.2) is 58.8 Å². The fourth-order valence-corrected chi connectivity index (χ4v) is 3.01. The Labute approximate surface area is 110 Å². The van der Waals surface area contributed by atoms with Crippen LogP contribution >= 0.6 is 0 Å². The number of carbonyl (C=O) groups is 1. The number of nitrogens with zero attached hydrogens (tertiary/aromatic N) is 1. The molecule has 3 aliphatic heterocycles. The maximum Gasteiger partial charge on any atom is 0.250 e. The van der Waals surface area contributed by atoms with E-state index >= 15 is 0 Å². The zero-order valence-corrected chi connectivity index (χ0v) is 10.6. The highest BCUT2D eigenvalue weighted by Crippen LogP contribution is 2.29. The highest BCUT2D eigenvalue weighted by Gasteiger charge is 2.47. The molecule has 1 fully saturated rings. The van der Waals surface area contributed by atoms with E-state index in [-0.39, 0.29) is 24.0 Å². The summed E-state index contributed by atoms with van der Waals surface area (Å²) in [6.45, 7) is 1.95. The van der Waals surface area contributed by atoms with E-state index < -0.39 is 18.2 Å². The summed E-state index contributed by atoms with van der Waals surface area (Å²) in [6, 6.07) is -1.25. The van der Waals surface area contributed by atoms with Gasteiger partial charge in [0.2, 0.25) is 5.91 Å². The first-order valence-electron chi connectivity index (χ1n) is 6.53. The van der Waals surface area contributed by atoms with Crippen LogP contribution in [0.3, 0.4) is 0 Å². The van der Waals surface area contributed by atoms with Gasteiger partial charge in [-0.1, -0.05) is 6.92 Å². The Morgan fingerprint density at radius 2 is 2.11 bits per heavy atom. The van der Waals surface area contributed by atoms with E-state index in [1.165, 1.54) is 6.34 Å². The summed E-state index contributed by atoms with van der Waals surface area (Å²) in [4.78, 5) is 15.9. The lowest BCUT2D eigenvalue weighted by Gasteiger charge is -2.25. The molecule has 0 aromatic carbocycles. The van der Waals surface area contributed by atoms with Crippen molar-refractivity contribution in [3.05, 3.63) is 11.8 Å². The lowest BCUT2D eigenvalue weighted by molar-refractivity contribution is -0.121. The molecule has 1 saturated heterocycles. The van der Waals surface area contributed by atoms with Gasteiger partial charge in [-0.3, -0.25) is 9.79 Å². The molecule has 0 radical (unpaired) electrons. The Hall–Kier alpha value is -1.44. The van der Waals surface area contributed by atoms with Crippen molar-refractivity contribution in [1.29, 1.82) is 0 Å². The molecule has 0 bridgehead atoms. The van der Waals surface area contributed by atoms with E-state index in [4.69, 9.17) is 0 Å².